The minimum Gasteiger partial charge on any atom is -0.493 e. The van der Waals surface area contributed by atoms with Crippen LogP contribution in [-0.4, -0.2) is 17.3 Å². The molecule has 0 fully saturated rings. The van der Waals surface area contributed by atoms with Gasteiger partial charge in [0.25, 0.3) is 5.69 Å². The van der Waals surface area contributed by atoms with Gasteiger partial charge >= 0.3 is 0 Å². The lowest BCUT2D eigenvalue weighted by atomic mass is 10.2. The van der Waals surface area contributed by atoms with Crippen LogP contribution in [0.5, 0.6) is 5.75 Å². The Morgan fingerprint density at radius 2 is 2.24 bits per heavy atom. The number of hydrogen-bond acceptors (Lipinski definition) is 4. The molecule has 5 heteroatoms. The Labute approximate surface area is 99.5 Å². The first-order valence-electron chi connectivity index (χ1n) is 5.52. The van der Waals surface area contributed by atoms with Crippen molar-refractivity contribution in [2.24, 2.45) is 0 Å². The molecule has 0 atom stereocenters. The Morgan fingerprint density at radius 1 is 1.47 bits per heavy atom. The maximum atomic E-state index is 11.0. The third kappa shape index (κ3) is 4.63. The molecule has 0 aromatic heterocycles. The van der Waals surface area contributed by atoms with Crippen LogP contribution >= 0.6 is 0 Å². The number of ketones is 1. The number of carbonyl (C=O) groups is 1. The van der Waals surface area contributed by atoms with Gasteiger partial charge in [-0.1, -0.05) is 13.0 Å². The molecule has 0 aliphatic carbocycles. The molecule has 5 nitrogen and oxygen atoms in total. The number of ether oxygens (including phenoxy) is 1. The minimum absolute atomic E-state index is 0.00661. The van der Waals surface area contributed by atoms with Gasteiger partial charge < -0.3 is 4.74 Å². The molecule has 17 heavy (non-hydrogen) atoms. The lowest BCUT2D eigenvalue weighted by Crippen LogP contribution is -2.02. The molecule has 0 bridgehead atoms. The van der Waals surface area contributed by atoms with Crippen LogP contribution in [0.15, 0.2) is 24.3 Å². The van der Waals surface area contributed by atoms with Gasteiger partial charge in [0.15, 0.2) is 0 Å². The van der Waals surface area contributed by atoms with E-state index in [2.05, 4.69) is 0 Å². The molecule has 1 rings (SSSR count). The van der Waals surface area contributed by atoms with Gasteiger partial charge in [0, 0.05) is 18.9 Å². The van der Waals surface area contributed by atoms with Gasteiger partial charge in [-0.2, -0.15) is 0 Å². The summed E-state index contributed by atoms with van der Waals surface area (Å²) in [5, 5.41) is 10.5. The lowest BCUT2D eigenvalue weighted by molar-refractivity contribution is -0.384. The zero-order valence-electron chi connectivity index (χ0n) is 9.72. The summed E-state index contributed by atoms with van der Waals surface area (Å²) in [6.45, 7) is 2.22. The van der Waals surface area contributed by atoms with Crippen molar-refractivity contribution in [3.05, 3.63) is 34.4 Å². The van der Waals surface area contributed by atoms with E-state index in [0.717, 1.165) is 0 Å². The summed E-state index contributed by atoms with van der Waals surface area (Å²) >= 11 is 0. The Morgan fingerprint density at radius 3 is 2.88 bits per heavy atom. The van der Waals surface area contributed by atoms with Crippen LogP contribution in [0.1, 0.15) is 26.2 Å². The van der Waals surface area contributed by atoms with Crippen molar-refractivity contribution < 1.29 is 14.5 Å². The number of carbonyl (C=O) groups excluding carboxylic acids is 1. The van der Waals surface area contributed by atoms with E-state index in [0.29, 0.717) is 31.6 Å². The highest BCUT2D eigenvalue weighted by Gasteiger charge is 2.06. The highest BCUT2D eigenvalue weighted by Crippen LogP contribution is 2.19. The normalized spacial score (nSPS) is 9.94. The van der Waals surface area contributed by atoms with Crippen molar-refractivity contribution in [2.45, 2.75) is 26.2 Å². The van der Waals surface area contributed by atoms with Gasteiger partial charge in [-0.15, -0.1) is 0 Å². The van der Waals surface area contributed by atoms with Gasteiger partial charge in [0.05, 0.1) is 17.6 Å². The standard InChI is InChI=1S/C12H15NO4/c1-2-11(14)6-4-8-17-12-7-3-5-10(9-12)13(15)16/h3,5,7,9H,2,4,6,8H2,1H3. The number of benzene rings is 1. The van der Waals surface area contributed by atoms with Crippen LogP contribution in [0, 0.1) is 10.1 Å². The van der Waals surface area contributed by atoms with Crippen molar-refractivity contribution in [3.8, 4) is 5.75 Å². The van der Waals surface area contributed by atoms with E-state index in [1.807, 2.05) is 6.92 Å². The van der Waals surface area contributed by atoms with E-state index in [4.69, 9.17) is 4.74 Å². The van der Waals surface area contributed by atoms with Crippen molar-refractivity contribution >= 4 is 11.5 Å². The Hall–Kier alpha value is -1.91. The Balaban J connectivity index is 2.39. The summed E-state index contributed by atoms with van der Waals surface area (Å²) in [4.78, 5) is 21.1. The van der Waals surface area contributed by atoms with Crippen molar-refractivity contribution in [3.63, 3.8) is 0 Å². The van der Waals surface area contributed by atoms with E-state index in [1.165, 1.54) is 12.1 Å². The maximum absolute atomic E-state index is 11.0. The number of Topliss-reactive ketones (excluding diaryl/α,β-unsaturated/α-hetero) is 1. The molecule has 1 aromatic rings. The first kappa shape index (κ1) is 13.2. The van der Waals surface area contributed by atoms with E-state index in [1.54, 1.807) is 12.1 Å². The molecular formula is C12H15NO4. The largest absolute Gasteiger partial charge is 0.493 e. The predicted molar refractivity (Wildman–Crippen MR) is 63.1 cm³/mol. The summed E-state index contributed by atoms with van der Waals surface area (Å²) in [6, 6.07) is 6.02. The first-order chi connectivity index (χ1) is 8.13. The number of non-ortho nitro benzene ring substituents is 1. The molecule has 0 aliphatic heterocycles. The lowest BCUT2D eigenvalue weighted by Gasteiger charge is -2.05. The molecular weight excluding hydrogens is 222 g/mol. The highest BCUT2D eigenvalue weighted by molar-refractivity contribution is 5.77. The molecule has 0 saturated heterocycles. The second-order valence-electron chi connectivity index (χ2n) is 3.60. The van der Waals surface area contributed by atoms with Crippen LogP contribution in [0.2, 0.25) is 0 Å². The topological polar surface area (TPSA) is 69.4 Å². The van der Waals surface area contributed by atoms with E-state index < -0.39 is 4.92 Å². The Bertz CT molecular complexity index is 403. The zero-order chi connectivity index (χ0) is 12.7. The molecule has 0 aliphatic rings. The predicted octanol–water partition coefficient (Wildman–Crippen LogP) is 2.73. The molecule has 0 spiro atoms. The fourth-order valence-electron chi connectivity index (χ4n) is 1.32. The first-order valence-corrected chi connectivity index (χ1v) is 5.52. The van der Waals surface area contributed by atoms with Crippen LogP contribution in [-0.2, 0) is 4.79 Å². The second-order valence-corrected chi connectivity index (χ2v) is 3.60. The van der Waals surface area contributed by atoms with Crippen molar-refractivity contribution in [1.29, 1.82) is 0 Å². The molecule has 0 radical (unpaired) electrons. The maximum Gasteiger partial charge on any atom is 0.273 e. The second kappa shape index (κ2) is 6.62. The van der Waals surface area contributed by atoms with Crippen LogP contribution in [0.25, 0.3) is 0 Å². The summed E-state index contributed by atoms with van der Waals surface area (Å²) in [7, 11) is 0. The van der Waals surface area contributed by atoms with Crippen LogP contribution in [0.4, 0.5) is 5.69 Å². The Kier molecular flexibility index (Phi) is 5.13. The fourth-order valence-corrected chi connectivity index (χ4v) is 1.32. The fraction of sp³-hybridized carbons (Fsp3) is 0.417. The number of nitro benzene ring substituents is 1. The van der Waals surface area contributed by atoms with Gasteiger partial charge in [-0.25, -0.2) is 0 Å². The molecule has 0 amide bonds. The van der Waals surface area contributed by atoms with E-state index in [9.17, 15) is 14.9 Å². The van der Waals surface area contributed by atoms with Gasteiger partial charge in [-0.05, 0) is 12.5 Å². The quantitative estimate of drug-likeness (QED) is 0.415. The molecule has 0 saturated carbocycles. The third-order valence-electron chi connectivity index (χ3n) is 2.29. The molecule has 1 aromatic carbocycles. The average Bonchev–Trinajstić information content (AvgIpc) is 2.34. The van der Waals surface area contributed by atoms with Crippen molar-refractivity contribution in [1.82, 2.24) is 0 Å². The summed E-state index contributed by atoms with van der Waals surface area (Å²) in [5.41, 5.74) is 0.00661. The number of hydrogen-bond donors (Lipinski definition) is 0. The number of nitrogens with zero attached hydrogens (tertiary/aromatic N) is 1. The summed E-state index contributed by atoms with van der Waals surface area (Å²) in [6.07, 6.45) is 1.66. The van der Waals surface area contributed by atoms with Gasteiger partial charge in [0.1, 0.15) is 11.5 Å². The third-order valence-corrected chi connectivity index (χ3v) is 2.29. The number of rotatable bonds is 7. The highest BCUT2D eigenvalue weighted by atomic mass is 16.6. The molecule has 0 N–H and O–H groups in total. The van der Waals surface area contributed by atoms with E-state index >= 15 is 0 Å². The van der Waals surface area contributed by atoms with Crippen molar-refractivity contribution in [2.75, 3.05) is 6.61 Å². The summed E-state index contributed by atoms with van der Waals surface area (Å²) < 4.78 is 5.34. The van der Waals surface area contributed by atoms with Gasteiger partial charge in [0.2, 0.25) is 0 Å². The smallest absolute Gasteiger partial charge is 0.273 e. The zero-order valence-corrected chi connectivity index (χ0v) is 9.72. The minimum atomic E-state index is -0.465. The molecule has 92 valence electrons. The summed E-state index contributed by atoms with van der Waals surface area (Å²) in [5.74, 6) is 0.663. The van der Waals surface area contributed by atoms with E-state index in [-0.39, 0.29) is 11.5 Å². The van der Waals surface area contributed by atoms with Crippen LogP contribution < -0.4 is 4.74 Å². The monoisotopic (exact) mass is 237 g/mol. The molecule has 0 heterocycles. The molecule has 0 unspecified atom stereocenters. The van der Waals surface area contributed by atoms with Gasteiger partial charge in [-0.3, -0.25) is 14.9 Å². The number of nitro groups is 1. The van der Waals surface area contributed by atoms with Crippen LogP contribution in [0.3, 0.4) is 0 Å². The average molecular weight is 237 g/mol. The SMILES string of the molecule is CCC(=O)CCCOc1cccc([N+](=O)[O-])c1.